The minimum atomic E-state index is -0.794. The van der Waals surface area contributed by atoms with E-state index in [9.17, 15) is 9.59 Å². The van der Waals surface area contributed by atoms with Crippen molar-refractivity contribution in [1.82, 2.24) is 9.80 Å². The van der Waals surface area contributed by atoms with Crippen molar-refractivity contribution in [3.05, 3.63) is 42.5 Å². The number of nitrogens with zero attached hydrogens (tertiary/aromatic N) is 3. The molecule has 1 atom stereocenters. The van der Waals surface area contributed by atoms with Gasteiger partial charge in [0.05, 0.1) is 18.8 Å². The highest BCUT2D eigenvalue weighted by atomic mass is 16.4. The van der Waals surface area contributed by atoms with Gasteiger partial charge in [-0.05, 0) is 51.2 Å². The van der Waals surface area contributed by atoms with Crippen molar-refractivity contribution >= 4 is 28.3 Å². The number of likely N-dealkylation sites (N-methyl/N-ethyl adjacent to an activating group) is 2. The Hall–Kier alpha value is -2.44. The van der Waals surface area contributed by atoms with Crippen LogP contribution in [-0.2, 0) is 9.59 Å². The van der Waals surface area contributed by atoms with Gasteiger partial charge >= 0.3 is 5.97 Å². The first-order valence-electron chi connectivity index (χ1n) is 10.4. The van der Waals surface area contributed by atoms with E-state index in [0.717, 1.165) is 48.8 Å². The van der Waals surface area contributed by atoms with Crippen LogP contribution in [0.3, 0.4) is 0 Å². The minimum Gasteiger partial charge on any atom is -0.480 e. The highest BCUT2D eigenvalue weighted by Gasteiger charge is 2.24. The van der Waals surface area contributed by atoms with Gasteiger partial charge in [-0.2, -0.15) is 0 Å². The van der Waals surface area contributed by atoms with Crippen LogP contribution in [0.25, 0.3) is 10.8 Å². The predicted octanol–water partition coefficient (Wildman–Crippen LogP) is 3.06. The average Bonchev–Trinajstić information content (AvgIpc) is 2.94. The van der Waals surface area contributed by atoms with Crippen LogP contribution < -0.4 is 4.90 Å². The van der Waals surface area contributed by atoms with Crippen LogP contribution in [0.2, 0.25) is 0 Å². The SMILES string of the molecule is CCN(C(=O)CN1CCCC(N(C)CC(=O)O)CC1)c1cccc2ccccc12. The van der Waals surface area contributed by atoms with Crippen LogP contribution in [0.4, 0.5) is 5.69 Å². The van der Waals surface area contributed by atoms with Crippen LogP contribution >= 0.6 is 0 Å². The fourth-order valence-electron chi connectivity index (χ4n) is 4.28. The molecule has 2 aromatic rings. The van der Waals surface area contributed by atoms with E-state index >= 15 is 0 Å². The molecular weight excluding hydrogens is 366 g/mol. The molecule has 1 unspecified atom stereocenters. The van der Waals surface area contributed by atoms with Crippen LogP contribution in [0.15, 0.2) is 42.5 Å². The van der Waals surface area contributed by atoms with Gasteiger partial charge in [-0.1, -0.05) is 36.4 Å². The van der Waals surface area contributed by atoms with Crippen molar-refractivity contribution in [3.8, 4) is 0 Å². The standard InChI is InChI=1S/C23H31N3O3/c1-3-26(21-12-6-9-18-8-4-5-11-20(18)21)22(27)16-25-14-7-10-19(13-15-25)24(2)17-23(28)29/h4-6,8-9,11-12,19H,3,7,10,13-17H2,1-2H3,(H,28,29). The monoisotopic (exact) mass is 397 g/mol. The second-order valence-electron chi connectivity index (χ2n) is 7.81. The molecule has 29 heavy (non-hydrogen) atoms. The number of benzene rings is 2. The van der Waals surface area contributed by atoms with Crippen molar-refractivity contribution in [3.63, 3.8) is 0 Å². The van der Waals surface area contributed by atoms with Gasteiger partial charge in [0.25, 0.3) is 0 Å². The zero-order valence-corrected chi connectivity index (χ0v) is 17.4. The average molecular weight is 398 g/mol. The Morgan fingerprint density at radius 1 is 1.10 bits per heavy atom. The van der Waals surface area contributed by atoms with E-state index in [1.54, 1.807) is 0 Å². The zero-order valence-electron chi connectivity index (χ0n) is 17.4. The first-order valence-corrected chi connectivity index (χ1v) is 10.4. The molecule has 2 aromatic carbocycles. The Kier molecular flexibility index (Phi) is 7.23. The number of fused-ring (bicyclic) bond motifs is 1. The van der Waals surface area contributed by atoms with E-state index < -0.39 is 5.97 Å². The molecule has 3 rings (SSSR count). The van der Waals surface area contributed by atoms with Gasteiger partial charge < -0.3 is 10.0 Å². The normalized spacial score (nSPS) is 18.0. The summed E-state index contributed by atoms with van der Waals surface area (Å²) in [6.45, 7) is 4.79. The summed E-state index contributed by atoms with van der Waals surface area (Å²) >= 11 is 0. The lowest BCUT2D eigenvalue weighted by molar-refractivity contribution is -0.138. The van der Waals surface area contributed by atoms with E-state index in [2.05, 4.69) is 23.1 Å². The molecule has 1 N–H and O–H groups in total. The number of hydrogen-bond acceptors (Lipinski definition) is 4. The van der Waals surface area contributed by atoms with Crippen molar-refractivity contribution in [1.29, 1.82) is 0 Å². The van der Waals surface area contributed by atoms with Crippen LogP contribution in [0.5, 0.6) is 0 Å². The molecule has 1 amide bonds. The maximum Gasteiger partial charge on any atom is 0.317 e. The smallest absolute Gasteiger partial charge is 0.317 e. The maximum absolute atomic E-state index is 13.2. The quantitative estimate of drug-likeness (QED) is 0.778. The Bertz CT molecular complexity index is 849. The molecule has 156 valence electrons. The number of carboxylic acids is 1. The summed E-state index contributed by atoms with van der Waals surface area (Å²) in [6.07, 6.45) is 2.83. The molecule has 0 saturated carbocycles. The van der Waals surface area contributed by atoms with Gasteiger partial charge in [0.2, 0.25) is 5.91 Å². The Labute approximate surface area is 172 Å². The first kappa shape index (κ1) is 21.3. The molecule has 1 saturated heterocycles. The highest BCUT2D eigenvalue weighted by Crippen LogP contribution is 2.27. The number of carboxylic acid groups (broad SMARTS) is 1. The third kappa shape index (κ3) is 5.34. The van der Waals surface area contributed by atoms with Crippen molar-refractivity contribution in [2.45, 2.75) is 32.2 Å². The lowest BCUT2D eigenvalue weighted by Gasteiger charge is -2.27. The third-order valence-corrected chi connectivity index (χ3v) is 5.83. The first-order chi connectivity index (χ1) is 14.0. The number of anilines is 1. The van der Waals surface area contributed by atoms with E-state index in [0.29, 0.717) is 13.1 Å². The van der Waals surface area contributed by atoms with Crippen LogP contribution in [-0.4, -0.2) is 72.6 Å². The topological polar surface area (TPSA) is 64.1 Å². The lowest BCUT2D eigenvalue weighted by atomic mass is 10.1. The number of hydrogen-bond donors (Lipinski definition) is 1. The summed E-state index contributed by atoms with van der Waals surface area (Å²) < 4.78 is 0. The number of amides is 1. The third-order valence-electron chi connectivity index (χ3n) is 5.83. The molecule has 6 nitrogen and oxygen atoms in total. The molecular formula is C23H31N3O3. The number of carbonyl (C=O) groups is 2. The number of likely N-dealkylation sites (tertiary alicyclic amines) is 1. The number of carbonyl (C=O) groups excluding carboxylic acids is 1. The van der Waals surface area contributed by atoms with Gasteiger partial charge in [-0.3, -0.25) is 19.4 Å². The summed E-state index contributed by atoms with van der Waals surface area (Å²) in [5, 5.41) is 11.3. The van der Waals surface area contributed by atoms with Gasteiger partial charge in [-0.15, -0.1) is 0 Å². The molecule has 1 fully saturated rings. The molecule has 6 heteroatoms. The summed E-state index contributed by atoms with van der Waals surface area (Å²) in [6, 6.07) is 14.5. The molecule has 1 heterocycles. The van der Waals surface area contributed by atoms with Crippen LogP contribution in [0.1, 0.15) is 26.2 Å². The van der Waals surface area contributed by atoms with Gasteiger partial charge in [-0.25, -0.2) is 0 Å². The summed E-state index contributed by atoms with van der Waals surface area (Å²) in [5.74, 6) is -0.682. The second-order valence-corrected chi connectivity index (χ2v) is 7.81. The van der Waals surface area contributed by atoms with Gasteiger partial charge in [0.1, 0.15) is 0 Å². The van der Waals surface area contributed by atoms with E-state index in [1.807, 2.05) is 48.0 Å². The molecule has 1 aliphatic rings. The number of aliphatic carboxylic acids is 1. The van der Waals surface area contributed by atoms with Crippen LogP contribution in [0, 0.1) is 0 Å². The summed E-state index contributed by atoms with van der Waals surface area (Å²) in [5.41, 5.74) is 0.962. The second kappa shape index (κ2) is 9.85. The predicted molar refractivity (Wildman–Crippen MR) is 116 cm³/mol. The molecule has 1 aliphatic heterocycles. The zero-order chi connectivity index (χ0) is 20.8. The Morgan fingerprint density at radius 2 is 1.86 bits per heavy atom. The minimum absolute atomic E-state index is 0.0638. The van der Waals surface area contributed by atoms with E-state index in [1.165, 1.54) is 0 Å². The lowest BCUT2D eigenvalue weighted by Crippen LogP contribution is -2.41. The molecule has 0 aromatic heterocycles. The molecule has 0 aliphatic carbocycles. The maximum atomic E-state index is 13.2. The molecule has 0 bridgehead atoms. The van der Waals surface area contributed by atoms with Crippen molar-refractivity contribution in [2.24, 2.45) is 0 Å². The van der Waals surface area contributed by atoms with Gasteiger partial charge in [0, 0.05) is 24.5 Å². The number of rotatable bonds is 7. The Balaban J connectivity index is 1.66. The highest BCUT2D eigenvalue weighted by molar-refractivity contribution is 6.04. The largest absolute Gasteiger partial charge is 0.480 e. The molecule has 0 radical (unpaired) electrons. The molecule has 0 spiro atoms. The van der Waals surface area contributed by atoms with Gasteiger partial charge in [0.15, 0.2) is 0 Å². The summed E-state index contributed by atoms with van der Waals surface area (Å²) in [4.78, 5) is 30.1. The van der Waals surface area contributed by atoms with Crippen molar-refractivity contribution in [2.75, 3.05) is 44.7 Å². The van der Waals surface area contributed by atoms with Crippen molar-refractivity contribution < 1.29 is 14.7 Å². The summed E-state index contributed by atoms with van der Waals surface area (Å²) in [7, 11) is 1.87. The Morgan fingerprint density at radius 3 is 2.62 bits per heavy atom. The fraction of sp³-hybridized carbons (Fsp3) is 0.478. The van der Waals surface area contributed by atoms with E-state index in [4.69, 9.17) is 5.11 Å². The van der Waals surface area contributed by atoms with E-state index in [-0.39, 0.29) is 18.5 Å². The fourth-order valence-corrected chi connectivity index (χ4v) is 4.28.